The Morgan fingerprint density at radius 2 is 2.09 bits per heavy atom. The third-order valence-corrected chi connectivity index (χ3v) is 4.84. The van der Waals surface area contributed by atoms with Crippen LogP contribution in [0.3, 0.4) is 0 Å². The second-order valence-corrected chi connectivity index (χ2v) is 6.42. The summed E-state index contributed by atoms with van der Waals surface area (Å²) >= 11 is 0. The molecular weight excluding hydrogens is 280 g/mol. The van der Waals surface area contributed by atoms with E-state index in [0.29, 0.717) is 25.8 Å². The third kappa shape index (κ3) is 3.11. The Balaban J connectivity index is 1.73. The highest BCUT2D eigenvalue weighted by Gasteiger charge is 2.32. The number of morpholine rings is 1. The number of rotatable bonds is 2. The Hall–Kier alpha value is -1.56. The van der Waals surface area contributed by atoms with E-state index >= 15 is 0 Å². The summed E-state index contributed by atoms with van der Waals surface area (Å²) in [6, 6.07) is 0.326. The van der Waals surface area contributed by atoms with E-state index in [0.717, 1.165) is 29.8 Å². The van der Waals surface area contributed by atoms with Crippen molar-refractivity contribution in [2.45, 2.75) is 58.0 Å². The van der Waals surface area contributed by atoms with Gasteiger partial charge in [-0.15, -0.1) is 0 Å². The largest absolute Gasteiger partial charge is 0.377 e. The van der Waals surface area contributed by atoms with Gasteiger partial charge in [0.2, 0.25) is 0 Å². The SMILES string of the molecule is Cc1n[nH]c(C)c1[C@@H]1COCCN1C(=O)NC1CCCCC1. The Labute approximate surface area is 131 Å². The molecule has 1 aromatic heterocycles. The molecule has 0 unspecified atom stereocenters. The molecule has 6 heteroatoms. The average molecular weight is 306 g/mol. The number of hydrogen-bond acceptors (Lipinski definition) is 3. The molecule has 1 saturated heterocycles. The summed E-state index contributed by atoms with van der Waals surface area (Å²) in [4.78, 5) is 14.6. The van der Waals surface area contributed by atoms with Crippen LogP contribution >= 0.6 is 0 Å². The number of aryl methyl sites for hydroxylation is 2. The normalized spacial score (nSPS) is 23.5. The Kier molecular flexibility index (Phi) is 4.66. The molecule has 0 aromatic carbocycles. The lowest BCUT2D eigenvalue weighted by atomic mass is 9.95. The molecule has 122 valence electrons. The van der Waals surface area contributed by atoms with E-state index in [1.54, 1.807) is 0 Å². The van der Waals surface area contributed by atoms with Crippen LogP contribution < -0.4 is 5.32 Å². The van der Waals surface area contributed by atoms with Crippen molar-refractivity contribution in [2.24, 2.45) is 0 Å². The van der Waals surface area contributed by atoms with Crippen LogP contribution in [0.5, 0.6) is 0 Å². The van der Waals surface area contributed by atoms with Gasteiger partial charge in [-0.05, 0) is 26.7 Å². The van der Waals surface area contributed by atoms with Crippen LogP contribution in [-0.2, 0) is 4.74 Å². The quantitative estimate of drug-likeness (QED) is 0.881. The van der Waals surface area contributed by atoms with Gasteiger partial charge >= 0.3 is 6.03 Å². The van der Waals surface area contributed by atoms with Gasteiger partial charge < -0.3 is 15.0 Å². The first-order chi connectivity index (χ1) is 10.7. The maximum absolute atomic E-state index is 12.7. The summed E-state index contributed by atoms with van der Waals surface area (Å²) in [5.74, 6) is 0. The van der Waals surface area contributed by atoms with Gasteiger partial charge in [-0.1, -0.05) is 19.3 Å². The molecule has 2 N–H and O–H groups in total. The fraction of sp³-hybridized carbons (Fsp3) is 0.750. The van der Waals surface area contributed by atoms with Crippen molar-refractivity contribution < 1.29 is 9.53 Å². The minimum atomic E-state index is -0.0453. The number of ether oxygens (including phenoxy) is 1. The number of aromatic amines is 1. The molecule has 22 heavy (non-hydrogen) atoms. The molecule has 0 radical (unpaired) electrons. The molecule has 0 spiro atoms. The predicted molar refractivity (Wildman–Crippen MR) is 83.7 cm³/mol. The monoisotopic (exact) mass is 306 g/mol. The van der Waals surface area contributed by atoms with Crippen molar-refractivity contribution in [2.75, 3.05) is 19.8 Å². The molecule has 1 aliphatic carbocycles. The van der Waals surface area contributed by atoms with E-state index in [-0.39, 0.29) is 12.1 Å². The average Bonchev–Trinajstić information content (AvgIpc) is 2.87. The molecule has 0 bridgehead atoms. The van der Waals surface area contributed by atoms with Gasteiger partial charge in [0.05, 0.1) is 24.9 Å². The maximum atomic E-state index is 12.7. The smallest absolute Gasteiger partial charge is 0.318 e. The molecule has 1 aromatic rings. The summed E-state index contributed by atoms with van der Waals surface area (Å²) in [5.41, 5.74) is 3.06. The minimum absolute atomic E-state index is 0.0419. The van der Waals surface area contributed by atoms with Crippen molar-refractivity contribution >= 4 is 6.03 Å². The van der Waals surface area contributed by atoms with Crippen LogP contribution in [0.15, 0.2) is 0 Å². The first-order valence-electron chi connectivity index (χ1n) is 8.33. The lowest BCUT2D eigenvalue weighted by Gasteiger charge is -2.37. The van der Waals surface area contributed by atoms with Crippen molar-refractivity contribution in [3.05, 3.63) is 17.0 Å². The van der Waals surface area contributed by atoms with Gasteiger partial charge in [0.1, 0.15) is 0 Å². The van der Waals surface area contributed by atoms with Gasteiger partial charge in [-0.25, -0.2) is 4.79 Å². The number of carbonyl (C=O) groups excluding carboxylic acids is 1. The van der Waals surface area contributed by atoms with Crippen LogP contribution in [0, 0.1) is 13.8 Å². The number of H-pyrrole nitrogens is 1. The summed E-state index contributed by atoms with van der Waals surface area (Å²) in [5, 5.41) is 10.5. The number of amides is 2. The van der Waals surface area contributed by atoms with Crippen LogP contribution in [-0.4, -0.2) is 46.9 Å². The Morgan fingerprint density at radius 3 is 2.77 bits per heavy atom. The first kappa shape index (κ1) is 15.3. The van der Waals surface area contributed by atoms with E-state index in [1.807, 2.05) is 18.7 Å². The molecule has 2 fully saturated rings. The molecule has 2 heterocycles. The third-order valence-electron chi connectivity index (χ3n) is 4.84. The Bertz CT molecular complexity index is 503. The number of aromatic nitrogens is 2. The predicted octanol–water partition coefficient (Wildman–Crippen LogP) is 2.44. The molecule has 2 amide bonds. The van der Waals surface area contributed by atoms with Crippen LogP contribution in [0.4, 0.5) is 4.79 Å². The first-order valence-corrected chi connectivity index (χ1v) is 8.33. The summed E-state index contributed by atoms with van der Waals surface area (Å²) < 4.78 is 5.62. The van der Waals surface area contributed by atoms with Crippen LogP contribution in [0.25, 0.3) is 0 Å². The van der Waals surface area contributed by atoms with E-state index in [9.17, 15) is 4.79 Å². The van der Waals surface area contributed by atoms with E-state index in [1.165, 1.54) is 19.3 Å². The zero-order valence-electron chi connectivity index (χ0n) is 13.5. The van der Waals surface area contributed by atoms with Gasteiger partial charge in [-0.3, -0.25) is 5.10 Å². The topological polar surface area (TPSA) is 70.2 Å². The van der Waals surface area contributed by atoms with Crippen molar-refractivity contribution in [1.82, 2.24) is 20.4 Å². The number of urea groups is 1. The van der Waals surface area contributed by atoms with Gasteiger partial charge in [0.25, 0.3) is 0 Å². The van der Waals surface area contributed by atoms with E-state index in [4.69, 9.17) is 4.74 Å². The highest BCUT2D eigenvalue weighted by Crippen LogP contribution is 2.28. The maximum Gasteiger partial charge on any atom is 0.318 e. The van der Waals surface area contributed by atoms with Crippen molar-refractivity contribution in [3.8, 4) is 0 Å². The summed E-state index contributed by atoms with van der Waals surface area (Å²) in [7, 11) is 0. The number of hydrogen-bond donors (Lipinski definition) is 2. The standard InChI is InChI=1S/C16H26N4O2/c1-11-15(12(2)19-18-11)14-10-22-9-8-20(14)16(21)17-13-6-4-3-5-7-13/h13-14H,3-10H2,1-2H3,(H,17,21)(H,18,19)/t14-/m0/s1. The summed E-state index contributed by atoms with van der Waals surface area (Å²) in [6.45, 7) is 5.75. The second kappa shape index (κ2) is 6.69. The number of nitrogens with zero attached hydrogens (tertiary/aromatic N) is 2. The van der Waals surface area contributed by atoms with Crippen molar-refractivity contribution in [3.63, 3.8) is 0 Å². The van der Waals surface area contributed by atoms with Crippen LogP contribution in [0.2, 0.25) is 0 Å². The fourth-order valence-corrected chi connectivity index (χ4v) is 3.64. The van der Waals surface area contributed by atoms with E-state index in [2.05, 4.69) is 15.5 Å². The highest BCUT2D eigenvalue weighted by molar-refractivity contribution is 5.75. The minimum Gasteiger partial charge on any atom is -0.377 e. The summed E-state index contributed by atoms with van der Waals surface area (Å²) in [6.07, 6.45) is 5.93. The molecule has 3 rings (SSSR count). The van der Waals surface area contributed by atoms with Crippen molar-refractivity contribution in [1.29, 1.82) is 0 Å². The highest BCUT2D eigenvalue weighted by atomic mass is 16.5. The van der Waals surface area contributed by atoms with E-state index < -0.39 is 0 Å². The van der Waals surface area contributed by atoms with Gasteiger partial charge in [0.15, 0.2) is 0 Å². The van der Waals surface area contributed by atoms with Gasteiger partial charge in [0, 0.05) is 23.8 Å². The molecule has 1 aliphatic heterocycles. The second-order valence-electron chi connectivity index (χ2n) is 6.42. The molecule has 1 atom stereocenters. The lowest BCUT2D eigenvalue weighted by molar-refractivity contribution is 0.0104. The van der Waals surface area contributed by atoms with Crippen LogP contribution in [0.1, 0.15) is 55.1 Å². The molecule has 2 aliphatic rings. The molecular formula is C16H26N4O2. The number of carbonyl (C=O) groups is 1. The molecule has 6 nitrogen and oxygen atoms in total. The number of nitrogens with one attached hydrogen (secondary N) is 2. The lowest BCUT2D eigenvalue weighted by Crippen LogP contribution is -2.51. The zero-order valence-corrected chi connectivity index (χ0v) is 13.5. The molecule has 1 saturated carbocycles. The zero-order chi connectivity index (χ0) is 15.5. The Morgan fingerprint density at radius 1 is 1.32 bits per heavy atom. The fourth-order valence-electron chi connectivity index (χ4n) is 3.64. The van der Waals surface area contributed by atoms with Gasteiger partial charge in [-0.2, -0.15) is 5.10 Å².